The third-order valence-electron chi connectivity index (χ3n) is 15.4. The summed E-state index contributed by atoms with van der Waals surface area (Å²) in [5.74, 6) is -0.868. The summed E-state index contributed by atoms with van der Waals surface area (Å²) in [6, 6.07) is 0. The van der Waals surface area contributed by atoms with Crippen molar-refractivity contribution >= 4 is 17.9 Å². The molecule has 1 unspecified atom stereocenters. The van der Waals surface area contributed by atoms with Gasteiger partial charge in [0.1, 0.15) is 13.2 Å². The maximum absolute atomic E-state index is 13.0. The van der Waals surface area contributed by atoms with Crippen LogP contribution in [0.1, 0.15) is 361 Å². The number of rotatable bonds is 64. The van der Waals surface area contributed by atoms with Gasteiger partial charge in [0.2, 0.25) is 0 Å². The van der Waals surface area contributed by atoms with E-state index in [9.17, 15) is 14.4 Å². The van der Waals surface area contributed by atoms with Crippen molar-refractivity contribution in [3.8, 4) is 0 Å². The molecule has 0 aromatic carbocycles. The first-order valence-corrected chi connectivity index (χ1v) is 34.9. The van der Waals surface area contributed by atoms with Gasteiger partial charge in [-0.25, -0.2) is 0 Å². The minimum atomic E-state index is -0.781. The Morgan fingerprint density at radius 2 is 0.487 bits per heavy atom. The number of hydrogen-bond donors (Lipinski definition) is 0. The van der Waals surface area contributed by atoms with Crippen molar-refractivity contribution in [1.82, 2.24) is 0 Å². The van der Waals surface area contributed by atoms with Crippen molar-refractivity contribution in [2.24, 2.45) is 0 Å². The maximum atomic E-state index is 13.0. The fourth-order valence-corrected chi connectivity index (χ4v) is 10.2. The molecule has 0 aromatic heterocycles. The Morgan fingerprint density at radius 1 is 0.263 bits per heavy atom. The summed E-state index contributed by atoms with van der Waals surface area (Å²) >= 11 is 0. The summed E-state index contributed by atoms with van der Waals surface area (Å²) in [7, 11) is 0. The van der Waals surface area contributed by atoms with E-state index in [0.29, 0.717) is 19.3 Å². The average Bonchev–Trinajstić information content (AvgIpc) is 3.46. The van der Waals surface area contributed by atoms with Crippen molar-refractivity contribution in [2.75, 3.05) is 13.2 Å². The molecular formula is C74H132O6. The van der Waals surface area contributed by atoms with Crippen LogP contribution < -0.4 is 0 Å². The van der Waals surface area contributed by atoms with E-state index in [0.717, 1.165) is 103 Å². The van der Waals surface area contributed by atoms with Crippen molar-refractivity contribution in [2.45, 2.75) is 367 Å². The first-order chi connectivity index (χ1) is 39.5. The highest BCUT2D eigenvalue weighted by Gasteiger charge is 2.19. The lowest BCUT2D eigenvalue weighted by Crippen LogP contribution is -2.30. The van der Waals surface area contributed by atoms with Gasteiger partial charge in [-0.2, -0.15) is 0 Å². The molecule has 0 aliphatic carbocycles. The van der Waals surface area contributed by atoms with Crippen molar-refractivity contribution in [1.29, 1.82) is 0 Å². The summed E-state index contributed by atoms with van der Waals surface area (Å²) in [5.41, 5.74) is 0. The van der Waals surface area contributed by atoms with Crippen LogP contribution in [0.15, 0.2) is 72.9 Å². The molecule has 0 spiro atoms. The fraction of sp³-hybridized carbons (Fsp3) is 0.797. The lowest BCUT2D eigenvalue weighted by atomic mass is 10.0. The second kappa shape index (κ2) is 68.3. The highest BCUT2D eigenvalue weighted by molar-refractivity contribution is 5.71. The summed E-state index contributed by atoms with van der Waals surface area (Å²) in [4.78, 5) is 38.5. The van der Waals surface area contributed by atoms with E-state index in [4.69, 9.17) is 14.2 Å². The van der Waals surface area contributed by atoms with Crippen LogP contribution in [0.25, 0.3) is 0 Å². The number of unbranched alkanes of at least 4 members (excludes halogenated alkanes) is 41. The zero-order chi connectivity index (χ0) is 57.8. The Kier molecular flexibility index (Phi) is 65.7. The average molecular weight is 1120 g/mol. The summed E-state index contributed by atoms with van der Waals surface area (Å²) < 4.78 is 17.0. The number of carbonyl (C=O) groups is 3. The van der Waals surface area contributed by atoms with Gasteiger partial charge in [-0.05, 0) is 89.9 Å². The van der Waals surface area contributed by atoms with Gasteiger partial charge < -0.3 is 14.2 Å². The molecule has 6 heteroatoms. The van der Waals surface area contributed by atoms with E-state index < -0.39 is 6.10 Å². The van der Waals surface area contributed by atoms with E-state index in [1.54, 1.807) is 0 Å². The van der Waals surface area contributed by atoms with Crippen LogP contribution in [0.3, 0.4) is 0 Å². The van der Waals surface area contributed by atoms with Gasteiger partial charge in [0.05, 0.1) is 0 Å². The molecule has 0 saturated carbocycles. The van der Waals surface area contributed by atoms with Gasteiger partial charge in [0, 0.05) is 19.3 Å². The van der Waals surface area contributed by atoms with E-state index in [1.807, 2.05) is 0 Å². The summed E-state index contributed by atoms with van der Waals surface area (Å²) in [5, 5.41) is 0. The third kappa shape index (κ3) is 65.7. The first-order valence-electron chi connectivity index (χ1n) is 34.9. The molecule has 80 heavy (non-hydrogen) atoms. The normalized spacial score (nSPS) is 12.5. The SMILES string of the molecule is CC/C=C\C/C=C\C/C=C\C/C=C\C/C=C\CCCCCCCCCCCC(=O)OCC(COC(=O)CCCCCCC/C=C\CCCCCCCCC)OC(=O)CCCCCCCCCCCCCCCCCCCCCCC. The molecule has 0 aliphatic rings. The van der Waals surface area contributed by atoms with Crippen LogP contribution in [0.5, 0.6) is 0 Å². The zero-order valence-electron chi connectivity index (χ0n) is 53.3. The quantitative estimate of drug-likeness (QED) is 0.0261. The van der Waals surface area contributed by atoms with Crippen LogP contribution in [-0.4, -0.2) is 37.2 Å². The predicted octanol–water partition coefficient (Wildman–Crippen LogP) is 24.1. The summed E-state index contributed by atoms with van der Waals surface area (Å²) in [6.45, 7) is 6.57. The molecule has 1 atom stereocenters. The predicted molar refractivity (Wildman–Crippen MR) is 348 cm³/mol. The standard InChI is InChI=1S/C74H132O6/c1-4-7-10-13-16-19-22-25-28-31-33-35-36-37-38-40-41-43-46-49-52-55-58-61-64-67-73(76)79-70-71(69-78-72(75)66-63-60-57-54-51-48-45-30-27-24-21-18-15-12-9-6-3)80-74(77)68-65-62-59-56-53-50-47-44-42-39-34-32-29-26-23-20-17-14-11-8-5-2/h7,10,16,19,25,28,30,33,35,37-38,45,71H,4-6,8-9,11-15,17-18,20-24,26-27,29,31-32,34,36,39-44,46-70H2,1-3H3/b10-7-,19-16-,28-25-,35-33-,38-37-,45-30-. The third-order valence-corrected chi connectivity index (χ3v) is 15.4. The largest absolute Gasteiger partial charge is 0.462 e. The van der Waals surface area contributed by atoms with Crippen LogP contribution in [0.4, 0.5) is 0 Å². The molecular weight excluding hydrogens is 985 g/mol. The molecule has 0 saturated heterocycles. The lowest BCUT2D eigenvalue weighted by Gasteiger charge is -2.18. The van der Waals surface area contributed by atoms with Crippen LogP contribution in [0.2, 0.25) is 0 Å². The Morgan fingerprint density at radius 3 is 0.775 bits per heavy atom. The van der Waals surface area contributed by atoms with Crippen LogP contribution >= 0.6 is 0 Å². The zero-order valence-corrected chi connectivity index (χ0v) is 53.3. The molecule has 0 heterocycles. The van der Waals surface area contributed by atoms with Gasteiger partial charge in [-0.1, -0.05) is 325 Å². The molecule has 0 rings (SSSR count). The van der Waals surface area contributed by atoms with Gasteiger partial charge in [0.15, 0.2) is 6.10 Å². The Labute approximate surface area is 497 Å². The molecule has 6 nitrogen and oxygen atoms in total. The highest BCUT2D eigenvalue weighted by Crippen LogP contribution is 2.18. The second-order valence-electron chi connectivity index (χ2n) is 23.4. The van der Waals surface area contributed by atoms with E-state index in [1.165, 1.54) is 218 Å². The van der Waals surface area contributed by atoms with E-state index in [2.05, 4.69) is 93.7 Å². The monoisotopic (exact) mass is 1120 g/mol. The minimum absolute atomic E-state index is 0.0776. The van der Waals surface area contributed by atoms with E-state index in [-0.39, 0.29) is 31.1 Å². The van der Waals surface area contributed by atoms with Crippen molar-refractivity contribution < 1.29 is 28.6 Å². The lowest BCUT2D eigenvalue weighted by molar-refractivity contribution is -0.167. The maximum Gasteiger partial charge on any atom is 0.306 e. The minimum Gasteiger partial charge on any atom is -0.462 e. The molecule has 0 N–H and O–H groups in total. The Bertz CT molecular complexity index is 1470. The van der Waals surface area contributed by atoms with Crippen LogP contribution in [0, 0.1) is 0 Å². The molecule has 0 aromatic rings. The fourth-order valence-electron chi connectivity index (χ4n) is 10.2. The van der Waals surface area contributed by atoms with Crippen molar-refractivity contribution in [3.63, 3.8) is 0 Å². The Balaban J connectivity index is 4.34. The number of hydrogen-bond acceptors (Lipinski definition) is 6. The molecule has 0 fully saturated rings. The smallest absolute Gasteiger partial charge is 0.306 e. The molecule has 0 bridgehead atoms. The van der Waals surface area contributed by atoms with Gasteiger partial charge in [0.25, 0.3) is 0 Å². The van der Waals surface area contributed by atoms with Gasteiger partial charge >= 0.3 is 17.9 Å². The topological polar surface area (TPSA) is 78.9 Å². The van der Waals surface area contributed by atoms with E-state index >= 15 is 0 Å². The van der Waals surface area contributed by atoms with Crippen molar-refractivity contribution in [3.05, 3.63) is 72.9 Å². The number of ether oxygens (including phenoxy) is 3. The van der Waals surface area contributed by atoms with Gasteiger partial charge in [-0.15, -0.1) is 0 Å². The molecule has 0 radical (unpaired) electrons. The molecule has 464 valence electrons. The summed E-state index contributed by atoms with van der Waals surface area (Å²) in [6.07, 6.45) is 89.2. The number of carbonyl (C=O) groups excluding carboxylic acids is 3. The van der Waals surface area contributed by atoms with Crippen LogP contribution in [-0.2, 0) is 28.6 Å². The number of esters is 3. The number of allylic oxidation sites excluding steroid dienone is 12. The molecule has 0 aliphatic heterocycles. The molecule has 0 amide bonds. The van der Waals surface area contributed by atoms with Gasteiger partial charge in [-0.3, -0.25) is 14.4 Å². The first kappa shape index (κ1) is 76.9. The Hall–Kier alpha value is -3.15. The second-order valence-corrected chi connectivity index (χ2v) is 23.4. The highest BCUT2D eigenvalue weighted by atomic mass is 16.6.